The van der Waals surface area contributed by atoms with Crippen LogP contribution >= 0.6 is 11.6 Å². The van der Waals surface area contributed by atoms with Crippen molar-refractivity contribution in [2.75, 3.05) is 0 Å². The summed E-state index contributed by atoms with van der Waals surface area (Å²) in [7, 11) is 0. The molecule has 0 saturated carbocycles. The van der Waals surface area contributed by atoms with Crippen LogP contribution in [0.3, 0.4) is 0 Å². The number of rotatable bonds is 3. The highest BCUT2D eigenvalue weighted by molar-refractivity contribution is 6.35. The van der Waals surface area contributed by atoms with Crippen LogP contribution in [0, 0.1) is 0 Å². The first-order valence-corrected chi connectivity index (χ1v) is 6.04. The molecule has 0 aliphatic carbocycles. The van der Waals surface area contributed by atoms with E-state index in [1.165, 1.54) is 12.1 Å². The van der Waals surface area contributed by atoms with Crippen molar-refractivity contribution in [1.29, 1.82) is 0 Å². The van der Waals surface area contributed by atoms with Crippen LogP contribution in [0.25, 0.3) is 0 Å². The lowest BCUT2D eigenvalue weighted by molar-refractivity contribution is -0.138. The van der Waals surface area contributed by atoms with Crippen molar-refractivity contribution in [3.63, 3.8) is 0 Å². The van der Waals surface area contributed by atoms with Gasteiger partial charge in [0.05, 0.1) is 16.1 Å². The summed E-state index contributed by atoms with van der Waals surface area (Å²) in [5.41, 5.74) is -1.60. The normalized spacial score (nSPS) is 11.2. The highest BCUT2D eigenvalue weighted by atomic mass is 35.5. The van der Waals surface area contributed by atoms with Crippen molar-refractivity contribution >= 4 is 17.6 Å². The molecule has 21 heavy (non-hydrogen) atoms. The van der Waals surface area contributed by atoms with E-state index < -0.39 is 34.0 Å². The van der Waals surface area contributed by atoms with Crippen molar-refractivity contribution in [1.82, 2.24) is 0 Å². The molecule has 0 unspecified atom stereocenters. The molecule has 0 aliphatic heterocycles. The minimum Gasteiger partial charge on any atom is -0.478 e. The zero-order chi connectivity index (χ0) is 15.6. The number of benzene rings is 2. The number of alkyl halides is 3. The molecule has 0 atom stereocenters. The van der Waals surface area contributed by atoms with E-state index in [1.54, 1.807) is 18.2 Å². The molecule has 2 rings (SSSR count). The lowest BCUT2D eigenvalue weighted by Crippen LogP contribution is -2.10. The van der Waals surface area contributed by atoms with Gasteiger partial charge in [-0.1, -0.05) is 29.8 Å². The Morgan fingerprint density at radius 2 is 1.71 bits per heavy atom. The lowest BCUT2D eigenvalue weighted by atomic mass is 10.1. The van der Waals surface area contributed by atoms with Gasteiger partial charge in [-0.15, -0.1) is 0 Å². The minimum atomic E-state index is -4.72. The van der Waals surface area contributed by atoms with Gasteiger partial charge in [0.2, 0.25) is 0 Å². The smallest absolute Gasteiger partial charge is 0.420 e. The highest BCUT2D eigenvalue weighted by Crippen LogP contribution is 2.43. The second kappa shape index (κ2) is 5.65. The molecule has 3 nitrogen and oxygen atoms in total. The largest absolute Gasteiger partial charge is 0.478 e. The summed E-state index contributed by atoms with van der Waals surface area (Å²) in [6, 6.07) is 9.09. The van der Waals surface area contributed by atoms with Crippen LogP contribution in [0.2, 0.25) is 5.02 Å². The molecule has 0 bridgehead atoms. The van der Waals surface area contributed by atoms with E-state index in [0.29, 0.717) is 6.07 Å². The summed E-state index contributed by atoms with van der Waals surface area (Å²) in [4.78, 5) is 11.0. The molecule has 0 saturated heterocycles. The Balaban J connectivity index is 2.59. The first-order chi connectivity index (χ1) is 9.80. The van der Waals surface area contributed by atoms with Crippen molar-refractivity contribution < 1.29 is 27.8 Å². The van der Waals surface area contributed by atoms with Crippen LogP contribution in [-0.4, -0.2) is 11.1 Å². The maximum absolute atomic E-state index is 13.0. The molecule has 0 radical (unpaired) electrons. The molecule has 0 aliphatic rings. The monoisotopic (exact) mass is 316 g/mol. The van der Waals surface area contributed by atoms with Crippen LogP contribution in [0.1, 0.15) is 15.9 Å². The highest BCUT2D eigenvalue weighted by Gasteiger charge is 2.37. The first-order valence-electron chi connectivity index (χ1n) is 5.66. The summed E-state index contributed by atoms with van der Waals surface area (Å²) in [6.07, 6.45) is -4.72. The van der Waals surface area contributed by atoms with Crippen molar-refractivity contribution in [3.05, 3.63) is 58.6 Å². The average Bonchev–Trinajstić information content (AvgIpc) is 2.40. The van der Waals surface area contributed by atoms with Gasteiger partial charge in [0, 0.05) is 0 Å². The van der Waals surface area contributed by atoms with E-state index in [9.17, 15) is 18.0 Å². The van der Waals surface area contributed by atoms with Gasteiger partial charge in [-0.05, 0) is 24.3 Å². The van der Waals surface area contributed by atoms with Crippen LogP contribution in [0.4, 0.5) is 13.2 Å². The van der Waals surface area contributed by atoms with Crippen LogP contribution in [0.5, 0.6) is 11.5 Å². The quantitative estimate of drug-likeness (QED) is 0.880. The molecule has 2 aromatic carbocycles. The van der Waals surface area contributed by atoms with Gasteiger partial charge in [0.1, 0.15) is 5.75 Å². The van der Waals surface area contributed by atoms with Crippen LogP contribution in [-0.2, 0) is 6.18 Å². The number of carboxylic acids is 1. The third kappa shape index (κ3) is 3.28. The molecule has 0 spiro atoms. The first kappa shape index (κ1) is 15.2. The van der Waals surface area contributed by atoms with Gasteiger partial charge in [-0.25, -0.2) is 4.79 Å². The van der Waals surface area contributed by atoms with Gasteiger partial charge in [0.25, 0.3) is 0 Å². The zero-order valence-electron chi connectivity index (χ0n) is 10.3. The molecule has 110 valence electrons. The van der Waals surface area contributed by atoms with E-state index >= 15 is 0 Å². The predicted molar refractivity (Wildman–Crippen MR) is 69.9 cm³/mol. The molecule has 0 aromatic heterocycles. The Hall–Kier alpha value is -2.21. The van der Waals surface area contributed by atoms with Crippen LogP contribution in [0.15, 0.2) is 42.5 Å². The molecular weight excluding hydrogens is 309 g/mol. The number of ether oxygens (including phenoxy) is 1. The number of aromatic carboxylic acids is 1. The van der Waals surface area contributed by atoms with E-state index in [-0.39, 0.29) is 5.75 Å². The fourth-order valence-corrected chi connectivity index (χ4v) is 1.93. The second-order valence-corrected chi connectivity index (χ2v) is 4.40. The van der Waals surface area contributed by atoms with Gasteiger partial charge in [-0.3, -0.25) is 0 Å². The third-order valence-electron chi connectivity index (χ3n) is 2.60. The molecule has 2 aromatic rings. The summed E-state index contributed by atoms with van der Waals surface area (Å²) in [6.45, 7) is 0. The molecule has 0 amide bonds. The summed E-state index contributed by atoms with van der Waals surface area (Å²) in [5.74, 6) is -2.05. The minimum absolute atomic E-state index is 0.118. The molecule has 1 N–H and O–H groups in total. The van der Waals surface area contributed by atoms with E-state index in [1.807, 2.05) is 0 Å². The molecular formula is C14H8ClF3O3. The van der Waals surface area contributed by atoms with Gasteiger partial charge >= 0.3 is 12.1 Å². The Bertz CT molecular complexity index is 669. The molecule has 0 fully saturated rings. The number of carboxylic acid groups (broad SMARTS) is 1. The average molecular weight is 317 g/mol. The Morgan fingerprint density at radius 3 is 2.24 bits per heavy atom. The molecule has 0 heterocycles. The van der Waals surface area contributed by atoms with E-state index in [0.717, 1.165) is 6.07 Å². The van der Waals surface area contributed by atoms with E-state index in [4.69, 9.17) is 21.4 Å². The maximum Gasteiger partial charge on any atom is 0.420 e. The third-order valence-corrected chi connectivity index (χ3v) is 2.97. The second-order valence-electron chi connectivity index (χ2n) is 4.02. The Morgan fingerprint density at radius 1 is 1.10 bits per heavy atom. The topological polar surface area (TPSA) is 46.5 Å². The van der Waals surface area contributed by atoms with Crippen molar-refractivity contribution in [2.24, 2.45) is 0 Å². The molecule has 7 heteroatoms. The summed E-state index contributed by atoms with van der Waals surface area (Å²) >= 11 is 5.76. The van der Waals surface area contributed by atoms with E-state index in [2.05, 4.69) is 0 Å². The summed E-state index contributed by atoms with van der Waals surface area (Å²) < 4.78 is 44.1. The number of halogens is 4. The SMILES string of the molecule is O=C(O)c1ccc(C(F)(F)F)c(Oc2ccccc2)c1Cl. The predicted octanol–water partition coefficient (Wildman–Crippen LogP) is 4.85. The Kier molecular flexibility index (Phi) is 4.09. The fraction of sp³-hybridized carbons (Fsp3) is 0.0714. The summed E-state index contributed by atoms with van der Waals surface area (Å²) in [5, 5.41) is 8.33. The lowest BCUT2D eigenvalue weighted by Gasteiger charge is -2.16. The number of carbonyl (C=O) groups is 1. The van der Waals surface area contributed by atoms with Gasteiger partial charge in [-0.2, -0.15) is 13.2 Å². The van der Waals surface area contributed by atoms with Crippen molar-refractivity contribution in [2.45, 2.75) is 6.18 Å². The zero-order valence-corrected chi connectivity index (χ0v) is 11.1. The number of hydrogen-bond acceptors (Lipinski definition) is 2. The number of hydrogen-bond donors (Lipinski definition) is 1. The van der Waals surface area contributed by atoms with Crippen molar-refractivity contribution in [3.8, 4) is 11.5 Å². The van der Waals surface area contributed by atoms with Crippen LogP contribution < -0.4 is 4.74 Å². The maximum atomic E-state index is 13.0. The van der Waals surface area contributed by atoms with Gasteiger partial charge in [0.15, 0.2) is 5.75 Å². The van der Waals surface area contributed by atoms with Gasteiger partial charge < -0.3 is 9.84 Å². The number of para-hydroxylation sites is 1. The fourth-order valence-electron chi connectivity index (χ4n) is 1.65. The standard InChI is InChI=1S/C14H8ClF3O3/c15-11-9(13(19)20)6-7-10(14(16,17)18)12(11)21-8-4-2-1-3-5-8/h1-7H,(H,19,20). The Labute approximate surface area is 122 Å².